The van der Waals surface area contributed by atoms with Crippen LogP contribution in [0.4, 0.5) is 0 Å². The number of halogens is 1. The lowest BCUT2D eigenvalue weighted by Crippen LogP contribution is -2.32. The fourth-order valence-electron chi connectivity index (χ4n) is 2.51. The quantitative estimate of drug-likeness (QED) is 0.898. The molecule has 2 atom stereocenters. The van der Waals surface area contributed by atoms with Gasteiger partial charge in [-0.25, -0.2) is 0 Å². The predicted octanol–water partition coefficient (Wildman–Crippen LogP) is 1.93. The summed E-state index contributed by atoms with van der Waals surface area (Å²) >= 11 is 6.22. The van der Waals surface area contributed by atoms with Gasteiger partial charge in [0.2, 0.25) is 0 Å². The molecule has 1 aliphatic rings. The third-order valence-electron chi connectivity index (χ3n) is 3.66. The maximum atomic E-state index is 9.44. The van der Waals surface area contributed by atoms with Gasteiger partial charge in [-0.3, -0.25) is 4.90 Å². The van der Waals surface area contributed by atoms with Crippen molar-refractivity contribution in [3.63, 3.8) is 0 Å². The number of methoxy groups -OCH3 is 2. The number of likely N-dealkylation sites (tertiary alicyclic amines) is 1. The van der Waals surface area contributed by atoms with Crippen LogP contribution in [0, 0.1) is 0 Å². The second-order valence-corrected chi connectivity index (χ2v) is 5.22. The molecule has 0 aliphatic carbocycles. The van der Waals surface area contributed by atoms with Crippen LogP contribution in [0.5, 0.6) is 5.75 Å². The molecule has 0 aromatic heterocycles. The Hall–Kier alpha value is -0.810. The van der Waals surface area contributed by atoms with Gasteiger partial charge in [-0.1, -0.05) is 11.6 Å². The Morgan fingerprint density at radius 1 is 1.42 bits per heavy atom. The fraction of sp³-hybridized carbons (Fsp3) is 0.571. The van der Waals surface area contributed by atoms with Crippen molar-refractivity contribution in [2.24, 2.45) is 0 Å². The molecule has 0 amide bonds. The van der Waals surface area contributed by atoms with Gasteiger partial charge in [0.1, 0.15) is 5.75 Å². The van der Waals surface area contributed by atoms with Crippen LogP contribution in [0.1, 0.15) is 12.0 Å². The second-order valence-electron chi connectivity index (χ2n) is 4.82. The first-order valence-electron chi connectivity index (χ1n) is 6.38. The molecular weight excluding hydrogens is 266 g/mol. The number of aliphatic hydroxyl groups excluding tert-OH is 1. The number of hydrogen-bond donors (Lipinski definition) is 1. The van der Waals surface area contributed by atoms with Crippen LogP contribution in [0.25, 0.3) is 0 Å². The maximum absolute atomic E-state index is 9.44. The van der Waals surface area contributed by atoms with Crippen molar-refractivity contribution in [3.05, 3.63) is 28.8 Å². The van der Waals surface area contributed by atoms with Gasteiger partial charge in [-0.2, -0.15) is 0 Å². The molecule has 0 saturated carbocycles. The molecule has 0 radical (unpaired) electrons. The van der Waals surface area contributed by atoms with Crippen molar-refractivity contribution in [1.29, 1.82) is 0 Å². The molecule has 0 unspecified atom stereocenters. The first-order valence-corrected chi connectivity index (χ1v) is 6.75. The molecule has 1 N–H and O–H groups in total. The van der Waals surface area contributed by atoms with Crippen molar-refractivity contribution in [3.8, 4) is 5.75 Å². The Kier molecular flexibility index (Phi) is 5.05. The standard InChI is InChI=1S/C14H20ClNO3/c1-18-12-3-4-14(15)10(5-12)7-16-8-13(19-2)6-11(16)9-17/h3-5,11,13,17H,6-9H2,1-2H3/t11-,13-/m0/s1. The highest BCUT2D eigenvalue weighted by atomic mass is 35.5. The molecule has 1 aromatic carbocycles. The number of nitrogens with zero attached hydrogens (tertiary/aromatic N) is 1. The summed E-state index contributed by atoms with van der Waals surface area (Å²) in [6.07, 6.45) is 1.04. The van der Waals surface area contributed by atoms with E-state index in [0.717, 1.165) is 29.3 Å². The van der Waals surface area contributed by atoms with Gasteiger partial charge in [0.15, 0.2) is 0 Å². The minimum atomic E-state index is 0.132. The third kappa shape index (κ3) is 3.39. The normalized spacial score (nSPS) is 23.8. The Morgan fingerprint density at radius 3 is 2.84 bits per heavy atom. The van der Waals surface area contributed by atoms with Crippen molar-refractivity contribution < 1.29 is 14.6 Å². The first kappa shape index (κ1) is 14.6. The summed E-state index contributed by atoms with van der Waals surface area (Å²) in [5.74, 6) is 0.794. The van der Waals surface area contributed by atoms with Crippen LogP contribution >= 0.6 is 11.6 Å². The average Bonchev–Trinajstić information content (AvgIpc) is 2.83. The van der Waals surface area contributed by atoms with Crippen molar-refractivity contribution in [2.45, 2.75) is 25.1 Å². The maximum Gasteiger partial charge on any atom is 0.119 e. The van der Waals surface area contributed by atoms with E-state index in [0.29, 0.717) is 6.54 Å². The van der Waals surface area contributed by atoms with Crippen LogP contribution in [0.15, 0.2) is 18.2 Å². The first-order chi connectivity index (χ1) is 9.17. The molecule has 0 bridgehead atoms. The van der Waals surface area contributed by atoms with Gasteiger partial charge in [0, 0.05) is 31.3 Å². The molecule has 19 heavy (non-hydrogen) atoms. The van der Waals surface area contributed by atoms with E-state index in [1.54, 1.807) is 14.2 Å². The van der Waals surface area contributed by atoms with Crippen molar-refractivity contribution >= 4 is 11.6 Å². The Bertz CT molecular complexity index is 427. The minimum absolute atomic E-state index is 0.132. The minimum Gasteiger partial charge on any atom is -0.497 e. The van der Waals surface area contributed by atoms with Crippen LogP contribution in [0.2, 0.25) is 5.02 Å². The number of benzene rings is 1. The number of aliphatic hydroxyl groups is 1. The van der Waals surface area contributed by atoms with Crippen LogP contribution < -0.4 is 4.74 Å². The summed E-state index contributed by atoms with van der Waals surface area (Å²) in [5.41, 5.74) is 1.01. The lowest BCUT2D eigenvalue weighted by Gasteiger charge is -2.23. The highest BCUT2D eigenvalue weighted by molar-refractivity contribution is 6.31. The third-order valence-corrected chi connectivity index (χ3v) is 4.03. The summed E-state index contributed by atoms with van der Waals surface area (Å²) < 4.78 is 10.6. The smallest absolute Gasteiger partial charge is 0.119 e. The fourth-order valence-corrected chi connectivity index (χ4v) is 2.69. The molecular formula is C14H20ClNO3. The van der Waals surface area contributed by atoms with E-state index in [4.69, 9.17) is 21.1 Å². The van der Waals surface area contributed by atoms with Crippen molar-refractivity contribution in [1.82, 2.24) is 4.90 Å². The van der Waals surface area contributed by atoms with Crippen LogP contribution in [-0.4, -0.2) is 49.5 Å². The predicted molar refractivity (Wildman–Crippen MR) is 74.7 cm³/mol. The van der Waals surface area contributed by atoms with Gasteiger partial charge >= 0.3 is 0 Å². The molecule has 4 nitrogen and oxygen atoms in total. The molecule has 2 rings (SSSR count). The SMILES string of the molecule is COc1ccc(Cl)c(CN2C[C@@H](OC)C[C@H]2CO)c1. The zero-order valence-electron chi connectivity index (χ0n) is 11.3. The van der Waals surface area contributed by atoms with E-state index < -0.39 is 0 Å². The highest BCUT2D eigenvalue weighted by Gasteiger charge is 2.31. The lowest BCUT2D eigenvalue weighted by atomic mass is 10.1. The van der Waals surface area contributed by atoms with Gasteiger partial charge in [-0.05, 0) is 30.2 Å². The van der Waals surface area contributed by atoms with Gasteiger partial charge in [0.25, 0.3) is 0 Å². The van der Waals surface area contributed by atoms with Gasteiger partial charge < -0.3 is 14.6 Å². The molecule has 1 saturated heterocycles. The topological polar surface area (TPSA) is 41.9 Å². The van der Waals surface area contributed by atoms with Crippen LogP contribution in [-0.2, 0) is 11.3 Å². The zero-order valence-corrected chi connectivity index (χ0v) is 12.1. The number of ether oxygens (including phenoxy) is 2. The van der Waals surface area contributed by atoms with Gasteiger partial charge in [0.05, 0.1) is 19.8 Å². The highest BCUT2D eigenvalue weighted by Crippen LogP contribution is 2.27. The monoisotopic (exact) mass is 285 g/mol. The Morgan fingerprint density at radius 2 is 2.21 bits per heavy atom. The van der Waals surface area contributed by atoms with E-state index >= 15 is 0 Å². The van der Waals surface area contributed by atoms with E-state index in [1.807, 2.05) is 18.2 Å². The lowest BCUT2D eigenvalue weighted by molar-refractivity contribution is 0.107. The molecule has 5 heteroatoms. The number of hydrogen-bond acceptors (Lipinski definition) is 4. The zero-order chi connectivity index (χ0) is 13.8. The summed E-state index contributed by atoms with van der Waals surface area (Å²) in [4.78, 5) is 2.20. The average molecular weight is 286 g/mol. The van der Waals surface area contributed by atoms with Gasteiger partial charge in [-0.15, -0.1) is 0 Å². The van der Waals surface area contributed by atoms with E-state index in [1.165, 1.54) is 0 Å². The molecule has 0 spiro atoms. The van der Waals surface area contributed by atoms with Crippen molar-refractivity contribution in [2.75, 3.05) is 27.4 Å². The second kappa shape index (κ2) is 6.57. The van der Waals surface area contributed by atoms with E-state index in [2.05, 4.69) is 4.90 Å². The molecule has 1 aromatic rings. The number of rotatable bonds is 5. The molecule has 1 fully saturated rings. The largest absolute Gasteiger partial charge is 0.497 e. The van der Waals surface area contributed by atoms with E-state index in [-0.39, 0.29) is 18.8 Å². The Labute approximate surface area is 118 Å². The summed E-state index contributed by atoms with van der Waals surface area (Å²) in [6, 6.07) is 5.76. The van der Waals surface area contributed by atoms with E-state index in [9.17, 15) is 5.11 Å². The summed E-state index contributed by atoms with van der Waals surface area (Å²) in [7, 11) is 3.35. The van der Waals surface area contributed by atoms with Crippen LogP contribution in [0.3, 0.4) is 0 Å². The molecule has 1 heterocycles. The molecule has 106 valence electrons. The Balaban J connectivity index is 2.11. The molecule has 1 aliphatic heterocycles. The summed E-state index contributed by atoms with van der Waals surface area (Å²) in [6.45, 7) is 1.65. The summed E-state index contributed by atoms with van der Waals surface area (Å²) in [5, 5.41) is 10.2.